The molecular weight excluding hydrogens is 654 g/mol. The second-order valence-electron chi connectivity index (χ2n) is 14.4. The molecule has 2 aromatic heterocycles. The van der Waals surface area contributed by atoms with Crippen LogP contribution >= 0.6 is 0 Å². The molecule has 6 rings (SSSR count). The number of ether oxygens (including phenoxy) is 2. The third kappa shape index (κ3) is 7.89. The molecule has 1 saturated carbocycles. The summed E-state index contributed by atoms with van der Waals surface area (Å²) in [7, 11) is 1.59. The molecule has 4 heterocycles. The molecule has 1 aromatic carbocycles. The minimum Gasteiger partial charge on any atom is -0.497 e. The Balaban J connectivity index is 1.37. The molecule has 5 atom stereocenters. The molecule has 0 unspecified atom stereocenters. The second kappa shape index (κ2) is 14.5. The van der Waals surface area contributed by atoms with Crippen molar-refractivity contribution < 1.29 is 33.8 Å². The molecule has 3 aromatic rings. The lowest BCUT2D eigenvalue weighted by atomic mass is 10.0. The lowest BCUT2D eigenvalue weighted by Crippen LogP contribution is -2.56. The van der Waals surface area contributed by atoms with Crippen molar-refractivity contribution in [3.63, 3.8) is 0 Å². The molecule has 3 aliphatic rings. The summed E-state index contributed by atoms with van der Waals surface area (Å²) in [4.78, 5) is 61.3. The molecule has 0 radical (unpaired) electrons. The van der Waals surface area contributed by atoms with Crippen LogP contribution < -0.4 is 15.4 Å². The summed E-state index contributed by atoms with van der Waals surface area (Å²) >= 11 is 0. The summed E-state index contributed by atoms with van der Waals surface area (Å²) in [6.07, 6.45) is 10.2. The summed E-state index contributed by atoms with van der Waals surface area (Å²) in [5.74, 6) is -1.83. The zero-order valence-electron chi connectivity index (χ0n) is 29.4. The zero-order valence-corrected chi connectivity index (χ0v) is 29.4. The first-order chi connectivity index (χ1) is 24.4. The zero-order chi connectivity index (χ0) is 36.3. The Hall–Kier alpha value is -5.27. The number of alkyl carbamates (subject to hydrolysis) is 1. The summed E-state index contributed by atoms with van der Waals surface area (Å²) in [6, 6.07) is 8.52. The van der Waals surface area contributed by atoms with Crippen LogP contribution in [-0.2, 0) is 19.1 Å². The number of fused-ring (bicyclic) bond motifs is 2. The number of carboxylic acid groups (broad SMARTS) is 1. The molecule has 3 N–H and O–H groups in total. The number of aliphatic carboxylic acids is 1. The molecule has 0 bridgehead atoms. The van der Waals surface area contributed by atoms with Crippen molar-refractivity contribution in [1.29, 1.82) is 0 Å². The average molecular weight is 700 g/mol. The van der Waals surface area contributed by atoms with Crippen molar-refractivity contribution in [2.24, 2.45) is 5.92 Å². The fraction of sp³-hybridized carbons (Fsp3) is 0.486. The van der Waals surface area contributed by atoms with Crippen LogP contribution in [0.15, 0.2) is 60.9 Å². The Morgan fingerprint density at radius 2 is 1.78 bits per heavy atom. The van der Waals surface area contributed by atoms with E-state index in [0.29, 0.717) is 30.0 Å². The molecule has 3 amide bonds. The third-order valence-electron chi connectivity index (χ3n) is 9.58. The van der Waals surface area contributed by atoms with Crippen molar-refractivity contribution in [3.8, 4) is 28.3 Å². The molecular formula is C37H45N7O7. The minimum absolute atomic E-state index is 0.0516. The van der Waals surface area contributed by atoms with Crippen molar-refractivity contribution in [1.82, 2.24) is 35.5 Å². The standard InChI is InChI=1S/C37H45N7O7/c1-36(2,3)51-35(49)39-28-13-9-7-5-6-8-12-25-20-37(25,34(47)48)40-32(45)29-19-26(22-43(29)33(28)46)44-41-30(23-14-16-27(50-4)17-15-23)31(42-44)24-11-10-18-38-21-24/h8,10-12,14-18,21,25-26,28-29H,5-7,9,13,19-20,22H2,1-4H3,(H,39,49)(H,40,45)(H,47,48)/b12-8-/t25-,26+,28+,29+,37+/m1/s1. The monoisotopic (exact) mass is 699 g/mol. The molecule has 14 nitrogen and oxygen atoms in total. The number of hydrogen-bond donors (Lipinski definition) is 3. The SMILES string of the molecule is COc1ccc(-c2nn([C@H]3C[C@H]4C(=O)N[C@@]5(C(=O)O)C[C@H]5/C=C\CCCCC[C@H](NC(=O)OC(C)(C)C)C(=O)N4C3)nc2-c2cccnc2)cc1. The quantitative estimate of drug-likeness (QED) is 0.310. The first-order valence-corrected chi connectivity index (χ1v) is 17.4. The van der Waals surface area contributed by atoms with Gasteiger partial charge in [-0.2, -0.15) is 15.0 Å². The van der Waals surface area contributed by atoms with E-state index in [2.05, 4.69) is 15.6 Å². The first-order valence-electron chi connectivity index (χ1n) is 17.4. The van der Waals surface area contributed by atoms with Gasteiger partial charge in [0, 0.05) is 42.4 Å². The third-order valence-corrected chi connectivity index (χ3v) is 9.58. The highest BCUT2D eigenvalue weighted by molar-refractivity contribution is 5.96. The van der Waals surface area contributed by atoms with E-state index in [1.165, 1.54) is 9.70 Å². The lowest BCUT2D eigenvalue weighted by molar-refractivity contribution is -0.145. The van der Waals surface area contributed by atoms with Crippen LogP contribution in [0, 0.1) is 5.92 Å². The number of carboxylic acids is 1. The largest absolute Gasteiger partial charge is 0.497 e. The Labute approximate surface area is 296 Å². The predicted molar refractivity (Wildman–Crippen MR) is 186 cm³/mol. The highest BCUT2D eigenvalue weighted by Crippen LogP contribution is 2.45. The van der Waals surface area contributed by atoms with E-state index < -0.39 is 53.1 Å². The van der Waals surface area contributed by atoms with Crippen LogP contribution in [-0.4, -0.2) is 90.7 Å². The number of methoxy groups -OCH3 is 1. The number of nitrogens with zero attached hydrogens (tertiary/aromatic N) is 5. The fourth-order valence-electron chi connectivity index (χ4n) is 6.82. The number of hydrogen-bond acceptors (Lipinski definition) is 9. The van der Waals surface area contributed by atoms with Gasteiger partial charge in [-0.1, -0.05) is 25.0 Å². The van der Waals surface area contributed by atoms with Crippen molar-refractivity contribution in [3.05, 3.63) is 60.9 Å². The van der Waals surface area contributed by atoms with Crippen LogP contribution in [0.5, 0.6) is 5.75 Å². The van der Waals surface area contributed by atoms with Gasteiger partial charge in [-0.3, -0.25) is 14.6 Å². The number of carbonyl (C=O) groups excluding carboxylic acids is 3. The summed E-state index contributed by atoms with van der Waals surface area (Å²) in [6.45, 7) is 5.27. The van der Waals surface area contributed by atoms with Gasteiger partial charge in [0.05, 0.1) is 13.2 Å². The maximum absolute atomic E-state index is 14.4. The van der Waals surface area contributed by atoms with Crippen LogP contribution in [0.4, 0.5) is 4.79 Å². The van der Waals surface area contributed by atoms with E-state index in [1.54, 1.807) is 46.3 Å². The van der Waals surface area contributed by atoms with Gasteiger partial charge in [-0.05, 0) is 82.9 Å². The maximum atomic E-state index is 14.4. The molecule has 270 valence electrons. The predicted octanol–water partition coefficient (Wildman–Crippen LogP) is 4.53. The molecule has 0 spiro atoms. The van der Waals surface area contributed by atoms with Crippen molar-refractivity contribution in [2.75, 3.05) is 13.7 Å². The summed E-state index contributed by atoms with van der Waals surface area (Å²) in [5.41, 5.74) is 0.414. The Kier molecular flexibility index (Phi) is 10.1. The van der Waals surface area contributed by atoms with Crippen molar-refractivity contribution in [2.45, 2.75) is 95.0 Å². The lowest BCUT2D eigenvalue weighted by Gasteiger charge is -2.30. The van der Waals surface area contributed by atoms with Crippen molar-refractivity contribution >= 4 is 23.9 Å². The van der Waals surface area contributed by atoms with Gasteiger partial charge < -0.3 is 30.1 Å². The van der Waals surface area contributed by atoms with Crippen LogP contribution in [0.2, 0.25) is 0 Å². The molecule has 1 saturated heterocycles. The number of rotatable bonds is 6. The fourth-order valence-corrected chi connectivity index (χ4v) is 6.82. The maximum Gasteiger partial charge on any atom is 0.408 e. The van der Waals surface area contributed by atoms with E-state index in [-0.39, 0.29) is 25.3 Å². The van der Waals surface area contributed by atoms with Crippen LogP contribution in [0.3, 0.4) is 0 Å². The van der Waals surface area contributed by atoms with Gasteiger partial charge in [-0.15, -0.1) is 0 Å². The number of aromatic nitrogens is 4. The topological polar surface area (TPSA) is 178 Å². The molecule has 51 heavy (non-hydrogen) atoms. The van der Waals surface area contributed by atoms with Gasteiger partial charge in [-0.25, -0.2) is 9.59 Å². The van der Waals surface area contributed by atoms with E-state index in [9.17, 15) is 24.3 Å². The van der Waals surface area contributed by atoms with Crippen LogP contribution in [0.25, 0.3) is 22.5 Å². The first kappa shape index (κ1) is 35.6. The molecule has 14 heteroatoms. The number of pyridine rings is 1. The van der Waals surface area contributed by atoms with E-state index >= 15 is 0 Å². The molecule has 1 aliphatic carbocycles. The van der Waals surface area contributed by atoms with Crippen LogP contribution in [0.1, 0.15) is 71.8 Å². The number of benzene rings is 1. The Morgan fingerprint density at radius 1 is 1.04 bits per heavy atom. The van der Waals surface area contributed by atoms with Gasteiger partial charge in [0.15, 0.2) is 0 Å². The average Bonchev–Trinajstić information content (AvgIpc) is 3.40. The highest BCUT2D eigenvalue weighted by atomic mass is 16.6. The highest BCUT2D eigenvalue weighted by Gasteiger charge is 2.61. The van der Waals surface area contributed by atoms with Gasteiger partial charge in [0.2, 0.25) is 11.8 Å². The molecule has 2 aliphatic heterocycles. The number of allylic oxidation sites excluding steroid dienone is 1. The van der Waals surface area contributed by atoms with E-state index in [1.807, 2.05) is 42.5 Å². The van der Waals surface area contributed by atoms with Gasteiger partial charge in [0.1, 0.15) is 40.4 Å². The normalized spacial score (nSPS) is 26.1. The van der Waals surface area contributed by atoms with Gasteiger partial charge >= 0.3 is 12.1 Å². The Morgan fingerprint density at radius 3 is 2.45 bits per heavy atom. The summed E-state index contributed by atoms with van der Waals surface area (Å²) in [5, 5.41) is 25.6. The number of nitrogens with one attached hydrogen (secondary N) is 2. The summed E-state index contributed by atoms with van der Waals surface area (Å²) < 4.78 is 10.8. The Bertz CT molecular complexity index is 1790. The van der Waals surface area contributed by atoms with E-state index in [4.69, 9.17) is 19.7 Å². The molecule has 2 fully saturated rings. The number of carbonyl (C=O) groups is 4. The number of amides is 3. The second-order valence-corrected chi connectivity index (χ2v) is 14.4. The van der Waals surface area contributed by atoms with E-state index in [0.717, 1.165) is 30.4 Å². The minimum atomic E-state index is -1.45. The van der Waals surface area contributed by atoms with Gasteiger partial charge in [0.25, 0.3) is 0 Å². The smallest absolute Gasteiger partial charge is 0.408 e.